The number of anilines is 1. The highest BCUT2D eigenvalue weighted by molar-refractivity contribution is 7.92. The van der Waals surface area contributed by atoms with Crippen LogP contribution in [0.15, 0.2) is 59.5 Å². The number of nitrogens with zero attached hydrogens (tertiary/aromatic N) is 2. The number of likely N-dealkylation sites (tertiary alicyclic amines) is 1. The summed E-state index contributed by atoms with van der Waals surface area (Å²) >= 11 is 0. The lowest BCUT2D eigenvalue weighted by atomic mass is 10.0. The Hall–Kier alpha value is -2.43. The summed E-state index contributed by atoms with van der Waals surface area (Å²) in [5, 5.41) is 2.89. The molecule has 2 atom stereocenters. The molecule has 4 rings (SSSR count). The van der Waals surface area contributed by atoms with Gasteiger partial charge in [-0.3, -0.25) is 14.0 Å². The molecule has 2 aliphatic heterocycles. The number of sulfone groups is 1. The second-order valence-corrected chi connectivity index (χ2v) is 12.8. The van der Waals surface area contributed by atoms with Gasteiger partial charge in [-0.25, -0.2) is 16.8 Å². The standard InChI is InChI=1S/C23H29N3O5S2/c1-25(19-8-4-2-5-9-19)33(30,31)20-12-10-18(11-13-20)23(27)24-21-16-32(28,29)17-22(21)26-14-6-3-7-15-26/h2,4-5,8-13,21-22H,3,6-7,14-17H2,1H3,(H,24,27). The first-order valence-electron chi connectivity index (χ1n) is 11.1. The SMILES string of the molecule is CN(c1ccccc1)S(=O)(=O)c1ccc(C(=O)NC2CS(=O)(=O)CC2N2CCCCC2)cc1. The topological polar surface area (TPSA) is 104 Å². The van der Waals surface area contributed by atoms with Crippen molar-refractivity contribution in [2.24, 2.45) is 0 Å². The Bertz CT molecular complexity index is 1190. The third kappa shape index (κ3) is 5.23. The van der Waals surface area contributed by atoms with Crippen LogP contribution in [0.2, 0.25) is 0 Å². The molecular weight excluding hydrogens is 462 g/mol. The van der Waals surface area contributed by atoms with Crippen molar-refractivity contribution in [3.63, 3.8) is 0 Å². The zero-order valence-electron chi connectivity index (χ0n) is 18.6. The van der Waals surface area contributed by atoms with Gasteiger partial charge in [0.1, 0.15) is 0 Å². The Balaban J connectivity index is 1.48. The third-order valence-corrected chi connectivity index (χ3v) is 9.91. The zero-order chi connectivity index (χ0) is 23.6. The van der Waals surface area contributed by atoms with Crippen molar-refractivity contribution in [2.75, 3.05) is 35.9 Å². The van der Waals surface area contributed by atoms with E-state index >= 15 is 0 Å². The average Bonchev–Trinajstić information content (AvgIpc) is 3.13. The number of benzene rings is 2. The molecule has 2 aromatic carbocycles. The van der Waals surface area contributed by atoms with Crippen molar-refractivity contribution in [3.05, 3.63) is 60.2 Å². The van der Waals surface area contributed by atoms with E-state index in [0.717, 1.165) is 32.4 Å². The Morgan fingerprint density at radius 3 is 2.24 bits per heavy atom. The van der Waals surface area contributed by atoms with Crippen molar-refractivity contribution in [3.8, 4) is 0 Å². The van der Waals surface area contributed by atoms with Gasteiger partial charge in [-0.15, -0.1) is 0 Å². The van der Waals surface area contributed by atoms with Crippen LogP contribution >= 0.6 is 0 Å². The van der Waals surface area contributed by atoms with Crippen molar-refractivity contribution >= 4 is 31.5 Å². The summed E-state index contributed by atoms with van der Waals surface area (Å²) in [7, 11) is -5.53. The van der Waals surface area contributed by atoms with Crippen molar-refractivity contribution in [1.29, 1.82) is 0 Å². The lowest BCUT2D eigenvalue weighted by Gasteiger charge is -2.35. The lowest BCUT2D eigenvalue weighted by molar-refractivity contribution is 0.0900. The van der Waals surface area contributed by atoms with E-state index in [9.17, 15) is 21.6 Å². The van der Waals surface area contributed by atoms with Gasteiger partial charge in [0.2, 0.25) is 0 Å². The van der Waals surface area contributed by atoms with Crippen LogP contribution in [-0.4, -0.2) is 71.4 Å². The van der Waals surface area contributed by atoms with E-state index in [2.05, 4.69) is 10.2 Å². The minimum atomic E-state index is -3.78. The van der Waals surface area contributed by atoms with Crippen molar-refractivity contribution in [2.45, 2.75) is 36.2 Å². The highest BCUT2D eigenvalue weighted by atomic mass is 32.2. The number of hydrogen-bond acceptors (Lipinski definition) is 6. The fourth-order valence-corrected chi connectivity index (χ4v) is 7.69. The molecule has 2 saturated heterocycles. The van der Waals surface area contributed by atoms with Gasteiger partial charge in [-0.1, -0.05) is 24.6 Å². The molecule has 2 aromatic rings. The van der Waals surface area contributed by atoms with E-state index in [4.69, 9.17) is 0 Å². The first-order chi connectivity index (χ1) is 15.7. The molecule has 0 aromatic heterocycles. The zero-order valence-corrected chi connectivity index (χ0v) is 20.2. The Morgan fingerprint density at radius 1 is 0.970 bits per heavy atom. The number of carbonyl (C=O) groups excluding carboxylic acids is 1. The van der Waals surface area contributed by atoms with E-state index in [0.29, 0.717) is 5.69 Å². The van der Waals surface area contributed by atoms with E-state index < -0.39 is 31.8 Å². The summed E-state index contributed by atoms with van der Waals surface area (Å²) < 4.78 is 51.7. The number of piperidine rings is 1. The van der Waals surface area contributed by atoms with Gasteiger partial charge in [0.25, 0.3) is 15.9 Å². The maximum absolute atomic E-state index is 12.9. The summed E-state index contributed by atoms with van der Waals surface area (Å²) in [6, 6.07) is 13.7. The average molecular weight is 492 g/mol. The van der Waals surface area contributed by atoms with E-state index in [-0.39, 0.29) is 28.0 Å². The lowest BCUT2D eigenvalue weighted by Crippen LogP contribution is -2.52. The maximum atomic E-state index is 12.9. The van der Waals surface area contributed by atoms with Crippen LogP contribution < -0.4 is 9.62 Å². The van der Waals surface area contributed by atoms with Crippen LogP contribution in [0.4, 0.5) is 5.69 Å². The monoisotopic (exact) mass is 491 g/mol. The van der Waals surface area contributed by atoms with Gasteiger partial charge in [-0.05, 0) is 62.3 Å². The van der Waals surface area contributed by atoms with Crippen LogP contribution in [0.5, 0.6) is 0 Å². The molecule has 1 N–H and O–H groups in total. The summed E-state index contributed by atoms with van der Waals surface area (Å²) in [5.74, 6) is -0.422. The molecule has 33 heavy (non-hydrogen) atoms. The summed E-state index contributed by atoms with van der Waals surface area (Å²) in [5.41, 5.74) is 0.823. The fourth-order valence-electron chi connectivity index (χ4n) is 4.54. The van der Waals surface area contributed by atoms with Crippen LogP contribution in [0.1, 0.15) is 29.6 Å². The highest BCUT2D eigenvalue weighted by Crippen LogP contribution is 2.24. The quantitative estimate of drug-likeness (QED) is 0.662. The predicted molar refractivity (Wildman–Crippen MR) is 128 cm³/mol. The van der Waals surface area contributed by atoms with E-state index in [1.165, 1.54) is 35.6 Å². The molecule has 2 unspecified atom stereocenters. The minimum Gasteiger partial charge on any atom is -0.347 e. The fraction of sp³-hybridized carbons (Fsp3) is 0.435. The van der Waals surface area contributed by atoms with E-state index in [1.54, 1.807) is 24.3 Å². The smallest absolute Gasteiger partial charge is 0.264 e. The minimum absolute atomic E-state index is 0.0565. The number of amides is 1. The Kier molecular flexibility index (Phi) is 6.78. The Labute approximate surface area is 195 Å². The second kappa shape index (κ2) is 9.44. The third-order valence-electron chi connectivity index (χ3n) is 6.39. The van der Waals surface area contributed by atoms with Gasteiger partial charge in [-0.2, -0.15) is 0 Å². The number of para-hydroxylation sites is 1. The van der Waals surface area contributed by atoms with Crippen molar-refractivity contribution in [1.82, 2.24) is 10.2 Å². The molecular formula is C23H29N3O5S2. The van der Waals surface area contributed by atoms with Crippen LogP contribution in [-0.2, 0) is 19.9 Å². The first-order valence-corrected chi connectivity index (χ1v) is 14.3. The van der Waals surface area contributed by atoms with Gasteiger partial charge in [0, 0.05) is 18.7 Å². The molecule has 2 aliphatic rings. The summed E-state index contributed by atoms with van der Waals surface area (Å²) in [6.45, 7) is 1.68. The molecule has 0 saturated carbocycles. The molecule has 178 valence electrons. The number of hydrogen-bond donors (Lipinski definition) is 1. The molecule has 8 nitrogen and oxygen atoms in total. The molecule has 2 heterocycles. The number of carbonyl (C=O) groups is 1. The number of sulfonamides is 1. The normalized spacial score (nSPS) is 23.2. The molecule has 0 bridgehead atoms. The van der Waals surface area contributed by atoms with Gasteiger partial charge >= 0.3 is 0 Å². The van der Waals surface area contributed by atoms with Crippen LogP contribution in [0.3, 0.4) is 0 Å². The van der Waals surface area contributed by atoms with Crippen LogP contribution in [0.25, 0.3) is 0 Å². The van der Waals surface area contributed by atoms with Crippen molar-refractivity contribution < 1.29 is 21.6 Å². The first kappa shape index (κ1) is 23.7. The largest absolute Gasteiger partial charge is 0.347 e. The second-order valence-electron chi connectivity index (χ2n) is 8.65. The molecule has 0 aliphatic carbocycles. The summed E-state index contributed by atoms with van der Waals surface area (Å²) in [4.78, 5) is 15.1. The highest BCUT2D eigenvalue weighted by Gasteiger charge is 2.42. The molecule has 1 amide bonds. The maximum Gasteiger partial charge on any atom is 0.264 e. The number of rotatable bonds is 6. The van der Waals surface area contributed by atoms with E-state index in [1.807, 2.05) is 6.07 Å². The van der Waals surface area contributed by atoms with Gasteiger partial charge < -0.3 is 5.32 Å². The predicted octanol–water partition coefficient (Wildman–Crippen LogP) is 1.89. The van der Waals surface area contributed by atoms with Gasteiger partial charge in [0.15, 0.2) is 9.84 Å². The van der Waals surface area contributed by atoms with Crippen LogP contribution in [0, 0.1) is 0 Å². The summed E-state index contributed by atoms with van der Waals surface area (Å²) in [6.07, 6.45) is 3.21. The number of nitrogens with one attached hydrogen (secondary N) is 1. The van der Waals surface area contributed by atoms with Gasteiger partial charge in [0.05, 0.1) is 28.1 Å². The Morgan fingerprint density at radius 2 is 1.61 bits per heavy atom. The molecule has 0 radical (unpaired) electrons. The molecule has 0 spiro atoms. The molecule has 10 heteroatoms. The molecule has 2 fully saturated rings.